The van der Waals surface area contributed by atoms with Gasteiger partial charge in [-0.3, -0.25) is 4.90 Å². The Balaban J connectivity index is 2.18. The third kappa shape index (κ3) is 2.89. The highest BCUT2D eigenvalue weighted by molar-refractivity contribution is 7.09. The highest BCUT2D eigenvalue weighted by Crippen LogP contribution is 2.29. The normalized spacial score (nSPS) is 19.4. The van der Waals surface area contributed by atoms with Gasteiger partial charge in [0.15, 0.2) is 0 Å². The van der Waals surface area contributed by atoms with Gasteiger partial charge in [-0.15, -0.1) is 11.3 Å². The molecule has 1 aliphatic rings. The van der Waals surface area contributed by atoms with Crippen LogP contribution in [0.3, 0.4) is 0 Å². The Morgan fingerprint density at radius 2 is 2.11 bits per heavy atom. The molecular weight excluding hydrogens is 246 g/mol. The molecule has 0 N–H and O–H groups in total. The molecule has 18 heavy (non-hydrogen) atoms. The third-order valence-electron chi connectivity index (χ3n) is 2.98. The molecule has 5 heteroatoms. The van der Waals surface area contributed by atoms with Crippen molar-refractivity contribution in [3.05, 3.63) is 16.1 Å². The molecule has 98 valence electrons. The third-order valence-corrected chi connectivity index (χ3v) is 4.26. The van der Waals surface area contributed by atoms with Crippen molar-refractivity contribution in [2.75, 3.05) is 26.3 Å². The quantitative estimate of drug-likeness (QED) is 0.823. The molecule has 1 unspecified atom stereocenters. The molecule has 0 radical (unpaired) electrons. The molecule has 2 rings (SSSR count). The summed E-state index contributed by atoms with van der Waals surface area (Å²) in [5.41, 5.74) is 0.933. The van der Waals surface area contributed by atoms with Crippen LogP contribution < -0.4 is 0 Å². The minimum atomic E-state index is -0.235. The second-order valence-electron chi connectivity index (χ2n) is 5.51. The van der Waals surface area contributed by atoms with E-state index in [2.05, 4.69) is 36.7 Å². The van der Waals surface area contributed by atoms with Gasteiger partial charge in [0.25, 0.3) is 0 Å². The van der Waals surface area contributed by atoms with Gasteiger partial charge in [0.2, 0.25) is 0 Å². The number of nitriles is 1. The molecule has 1 fully saturated rings. The number of ether oxygens (including phenoxy) is 1. The average Bonchev–Trinajstić information content (AvgIpc) is 2.81. The van der Waals surface area contributed by atoms with Gasteiger partial charge in [-0.1, -0.05) is 20.8 Å². The molecule has 1 aromatic heterocycles. The molecule has 1 aromatic rings. The molecule has 1 atom stereocenters. The van der Waals surface area contributed by atoms with Crippen molar-refractivity contribution >= 4 is 11.3 Å². The number of nitrogens with zero attached hydrogens (tertiary/aromatic N) is 3. The SMILES string of the molecule is CC(C)(C)c1nc(C(C#N)N2CCOCC2)cs1. The Morgan fingerprint density at radius 3 is 2.61 bits per heavy atom. The van der Waals surface area contributed by atoms with E-state index in [0.717, 1.165) is 23.8 Å². The lowest BCUT2D eigenvalue weighted by atomic mass is 9.98. The van der Waals surface area contributed by atoms with Gasteiger partial charge in [-0.05, 0) is 0 Å². The van der Waals surface area contributed by atoms with Crippen LogP contribution in [0.5, 0.6) is 0 Å². The molecule has 0 spiro atoms. The average molecular weight is 265 g/mol. The Labute approximate surface area is 112 Å². The van der Waals surface area contributed by atoms with E-state index in [1.54, 1.807) is 11.3 Å². The van der Waals surface area contributed by atoms with Crippen LogP contribution in [0.1, 0.15) is 37.5 Å². The lowest BCUT2D eigenvalue weighted by Gasteiger charge is -2.29. The smallest absolute Gasteiger partial charge is 0.141 e. The van der Waals surface area contributed by atoms with Gasteiger partial charge in [0.05, 0.1) is 30.0 Å². The van der Waals surface area contributed by atoms with E-state index in [9.17, 15) is 5.26 Å². The van der Waals surface area contributed by atoms with Crippen LogP contribution in [0.2, 0.25) is 0 Å². The Kier molecular flexibility index (Phi) is 4.00. The summed E-state index contributed by atoms with van der Waals surface area (Å²) in [5.74, 6) is 0. The fourth-order valence-corrected chi connectivity index (χ4v) is 2.85. The number of aromatic nitrogens is 1. The number of hydrogen-bond donors (Lipinski definition) is 0. The Morgan fingerprint density at radius 1 is 1.44 bits per heavy atom. The molecule has 0 saturated carbocycles. The van der Waals surface area contributed by atoms with E-state index in [0.29, 0.717) is 13.2 Å². The van der Waals surface area contributed by atoms with E-state index >= 15 is 0 Å². The zero-order valence-electron chi connectivity index (χ0n) is 11.1. The predicted octanol–water partition coefficient (Wildman–Crippen LogP) is 2.34. The summed E-state index contributed by atoms with van der Waals surface area (Å²) in [5, 5.41) is 12.5. The molecule has 0 aliphatic carbocycles. The Hall–Kier alpha value is -0.960. The molecule has 0 aromatic carbocycles. The fraction of sp³-hybridized carbons (Fsp3) is 0.692. The largest absolute Gasteiger partial charge is 0.379 e. The number of morpholine rings is 1. The highest BCUT2D eigenvalue weighted by atomic mass is 32.1. The van der Waals surface area contributed by atoms with Crippen molar-refractivity contribution in [3.8, 4) is 6.07 Å². The van der Waals surface area contributed by atoms with Crippen molar-refractivity contribution in [2.45, 2.75) is 32.2 Å². The molecule has 1 aliphatic heterocycles. The van der Waals surface area contributed by atoms with E-state index in [4.69, 9.17) is 4.74 Å². The van der Waals surface area contributed by atoms with Crippen molar-refractivity contribution < 1.29 is 4.74 Å². The molecule has 2 heterocycles. The monoisotopic (exact) mass is 265 g/mol. The summed E-state index contributed by atoms with van der Waals surface area (Å²) >= 11 is 1.64. The highest BCUT2D eigenvalue weighted by Gasteiger charge is 2.26. The minimum Gasteiger partial charge on any atom is -0.379 e. The maximum absolute atomic E-state index is 9.38. The van der Waals surface area contributed by atoms with E-state index in [1.165, 1.54) is 0 Å². The van der Waals surface area contributed by atoms with Crippen LogP contribution >= 0.6 is 11.3 Å². The summed E-state index contributed by atoms with van der Waals surface area (Å²) in [4.78, 5) is 6.79. The molecule has 1 saturated heterocycles. The lowest BCUT2D eigenvalue weighted by Crippen LogP contribution is -2.38. The zero-order valence-corrected chi connectivity index (χ0v) is 12.0. The Bertz CT molecular complexity index is 438. The van der Waals surface area contributed by atoms with Crippen LogP contribution in [0.4, 0.5) is 0 Å². The molecule has 0 amide bonds. The summed E-state index contributed by atoms with van der Waals surface area (Å²) in [6.45, 7) is 9.45. The van der Waals surface area contributed by atoms with Crippen LogP contribution in [-0.2, 0) is 10.2 Å². The standard InChI is InChI=1S/C13H19N3OS/c1-13(2,3)12-15-10(9-18-12)11(8-14)16-4-6-17-7-5-16/h9,11H,4-7H2,1-3H3. The zero-order chi connectivity index (χ0) is 13.2. The number of thiazole rings is 1. The maximum atomic E-state index is 9.38. The summed E-state index contributed by atoms with van der Waals surface area (Å²) in [7, 11) is 0. The summed E-state index contributed by atoms with van der Waals surface area (Å²) in [6, 6.07) is 2.13. The first-order chi connectivity index (χ1) is 8.52. The topological polar surface area (TPSA) is 49.2 Å². The molecular formula is C13H19N3OS. The van der Waals surface area contributed by atoms with Crippen LogP contribution in [0, 0.1) is 11.3 Å². The van der Waals surface area contributed by atoms with E-state index in [1.807, 2.05) is 5.38 Å². The van der Waals surface area contributed by atoms with Gasteiger partial charge >= 0.3 is 0 Å². The lowest BCUT2D eigenvalue weighted by molar-refractivity contribution is 0.0260. The minimum absolute atomic E-state index is 0.0495. The van der Waals surface area contributed by atoms with Crippen LogP contribution in [-0.4, -0.2) is 36.2 Å². The summed E-state index contributed by atoms with van der Waals surface area (Å²) < 4.78 is 5.32. The second-order valence-corrected chi connectivity index (χ2v) is 6.37. The van der Waals surface area contributed by atoms with Crippen LogP contribution in [0.25, 0.3) is 0 Å². The van der Waals surface area contributed by atoms with E-state index < -0.39 is 0 Å². The van der Waals surface area contributed by atoms with Gasteiger partial charge < -0.3 is 4.74 Å². The first-order valence-electron chi connectivity index (χ1n) is 6.19. The van der Waals surface area contributed by atoms with Crippen molar-refractivity contribution in [3.63, 3.8) is 0 Å². The van der Waals surface area contributed by atoms with Gasteiger partial charge in [-0.2, -0.15) is 5.26 Å². The first kappa shape index (κ1) is 13.5. The van der Waals surface area contributed by atoms with Crippen molar-refractivity contribution in [1.82, 2.24) is 9.88 Å². The maximum Gasteiger partial charge on any atom is 0.141 e. The number of rotatable bonds is 2. The molecule has 4 nitrogen and oxygen atoms in total. The first-order valence-corrected chi connectivity index (χ1v) is 7.07. The van der Waals surface area contributed by atoms with Gasteiger partial charge in [0.1, 0.15) is 6.04 Å². The fourth-order valence-electron chi connectivity index (χ4n) is 1.93. The van der Waals surface area contributed by atoms with Crippen LogP contribution in [0.15, 0.2) is 5.38 Å². The molecule has 0 bridgehead atoms. The number of hydrogen-bond acceptors (Lipinski definition) is 5. The second kappa shape index (κ2) is 5.35. The van der Waals surface area contributed by atoms with Crippen molar-refractivity contribution in [1.29, 1.82) is 5.26 Å². The summed E-state index contributed by atoms with van der Waals surface area (Å²) in [6.07, 6.45) is 0. The van der Waals surface area contributed by atoms with Gasteiger partial charge in [0, 0.05) is 23.9 Å². The van der Waals surface area contributed by atoms with E-state index in [-0.39, 0.29) is 11.5 Å². The van der Waals surface area contributed by atoms with Crippen molar-refractivity contribution in [2.24, 2.45) is 0 Å². The predicted molar refractivity (Wildman–Crippen MR) is 71.6 cm³/mol. The van der Waals surface area contributed by atoms with Gasteiger partial charge in [-0.25, -0.2) is 4.98 Å².